The molecule has 102 valence electrons. The van der Waals surface area contributed by atoms with Crippen molar-refractivity contribution >= 4 is 15.9 Å². The van der Waals surface area contributed by atoms with Crippen molar-refractivity contribution in [2.75, 3.05) is 14.2 Å². The second kappa shape index (κ2) is 6.58. The van der Waals surface area contributed by atoms with Gasteiger partial charge < -0.3 is 10.1 Å². The lowest BCUT2D eigenvalue weighted by molar-refractivity contribution is 0.292. The van der Waals surface area contributed by atoms with E-state index in [-0.39, 0.29) is 5.41 Å². The van der Waals surface area contributed by atoms with Crippen molar-refractivity contribution in [2.24, 2.45) is 5.41 Å². The van der Waals surface area contributed by atoms with Gasteiger partial charge in [0, 0.05) is 10.5 Å². The molecule has 0 radical (unpaired) electrons. The minimum atomic E-state index is 0.261. The molecule has 2 nitrogen and oxygen atoms in total. The van der Waals surface area contributed by atoms with Crippen LogP contribution in [0.4, 0.5) is 0 Å². The largest absolute Gasteiger partial charge is 0.497 e. The zero-order chi connectivity index (χ0) is 13.8. The Hall–Kier alpha value is -0.540. The minimum Gasteiger partial charge on any atom is -0.497 e. The highest BCUT2D eigenvalue weighted by Crippen LogP contribution is 2.32. The van der Waals surface area contributed by atoms with Crippen LogP contribution in [0.3, 0.4) is 0 Å². The van der Waals surface area contributed by atoms with E-state index in [1.807, 2.05) is 13.1 Å². The monoisotopic (exact) mass is 313 g/mol. The fraction of sp³-hybridized carbons (Fsp3) is 0.600. The summed E-state index contributed by atoms with van der Waals surface area (Å²) in [5.74, 6) is 0.922. The molecule has 0 aliphatic carbocycles. The molecule has 18 heavy (non-hydrogen) atoms. The fourth-order valence-corrected chi connectivity index (χ4v) is 2.72. The Morgan fingerprint density at radius 2 is 2.06 bits per heavy atom. The van der Waals surface area contributed by atoms with Crippen molar-refractivity contribution in [1.29, 1.82) is 0 Å². The number of hydrogen-bond acceptors (Lipinski definition) is 2. The van der Waals surface area contributed by atoms with Gasteiger partial charge in [-0.1, -0.05) is 29.8 Å². The number of nitrogens with one attached hydrogen (secondary N) is 1. The summed E-state index contributed by atoms with van der Waals surface area (Å²) in [4.78, 5) is 0. The number of halogens is 1. The van der Waals surface area contributed by atoms with Crippen LogP contribution in [0.5, 0.6) is 5.75 Å². The number of benzene rings is 1. The highest BCUT2D eigenvalue weighted by Gasteiger charge is 2.22. The Labute approximate surface area is 119 Å². The minimum absolute atomic E-state index is 0.261. The number of methoxy groups -OCH3 is 1. The van der Waals surface area contributed by atoms with Crippen LogP contribution in [0.15, 0.2) is 22.7 Å². The molecule has 1 rings (SSSR count). The normalized spacial score (nSPS) is 13.4. The Kier molecular flexibility index (Phi) is 5.67. The van der Waals surface area contributed by atoms with Gasteiger partial charge in [0.05, 0.1) is 7.11 Å². The van der Waals surface area contributed by atoms with Crippen molar-refractivity contribution in [2.45, 2.75) is 39.7 Å². The molecule has 0 aliphatic rings. The van der Waals surface area contributed by atoms with Crippen molar-refractivity contribution in [3.8, 4) is 5.75 Å². The van der Waals surface area contributed by atoms with E-state index < -0.39 is 0 Å². The molecule has 0 aliphatic heterocycles. The second-order valence-corrected chi connectivity index (χ2v) is 6.55. The lowest BCUT2D eigenvalue weighted by Gasteiger charge is -2.28. The van der Waals surface area contributed by atoms with Crippen LogP contribution in [0.2, 0.25) is 0 Å². The van der Waals surface area contributed by atoms with Gasteiger partial charge in [0.1, 0.15) is 5.75 Å². The quantitative estimate of drug-likeness (QED) is 0.856. The summed E-state index contributed by atoms with van der Waals surface area (Å²) in [6, 6.07) is 6.70. The molecule has 0 fully saturated rings. The van der Waals surface area contributed by atoms with Gasteiger partial charge in [0.15, 0.2) is 0 Å². The molecule has 0 aromatic heterocycles. The molecular weight excluding hydrogens is 290 g/mol. The van der Waals surface area contributed by atoms with Crippen molar-refractivity contribution < 1.29 is 4.74 Å². The first-order valence-corrected chi connectivity index (χ1v) is 7.17. The standard InChI is InChI=1S/C15H24BrNO/c1-11(17-4)9-15(2,3)10-12-8-13(18-5)6-7-14(12)16/h6-8,11,17H,9-10H2,1-5H3. The van der Waals surface area contributed by atoms with Crippen molar-refractivity contribution in [1.82, 2.24) is 5.32 Å². The lowest BCUT2D eigenvalue weighted by atomic mass is 9.80. The first kappa shape index (κ1) is 15.5. The van der Waals surface area contributed by atoms with Gasteiger partial charge >= 0.3 is 0 Å². The molecule has 3 heteroatoms. The van der Waals surface area contributed by atoms with E-state index in [4.69, 9.17) is 4.74 Å². The summed E-state index contributed by atoms with van der Waals surface area (Å²) in [5, 5.41) is 3.31. The molecule has 1 aromatic carbocycles. The third-order valence-corrected chi connectivity index (χ3v) is 4.05. The van der Waals surface area contributed by atoms with E-state index >= 15 is 0 Å². The Morgan fingerprint density at radius 1 is 1.39 bits per heavy atom. The molecule has 1 atom stereocenters. The number of hydrogen-bond donors (Lipinski definition) is 1. The van der Waals surface area contributed by atoms with E-state index in [9.17, 15) is 0 Å². The van der Waals surface area contributed by atoms with Crippen LogP contribution < -0.4 is 10.1 Å². The average molecular weight is 314 g/mol. The van der Waals surface area contributed by atoms with Gasteiger partial charge in [-0.25, -0.2) is 0 Å². The SMILES string of the molecule is CNC(C)CC(C)(C)Cc1cc(OC)ccc1Br. The topological polar surface area (TPSA) is 21.3 Å². The highest BCUT2D eigenvalue weighted by atomic mass is 79.9. The molecule has 0 bridgehead atoms. The maximum Gasteiger partial charge on any atom is 0.119 e. The maximum atomic E-state index is 5.29. The van der Waals surface area contributed by atoms with Gasteiger partial charge in [0.25, 0.3) is 0 Å². The van der Waals surface area contributed by atoms with E-state index in [0.717, 1.165) is 23.1 Å². The van der Waals surface area contributed by atoms with Crippen LogP contribution in [0.1, 0.15) is 32.8 Å². The Morgan fingerprint density at radius 3 is 2.61 bits per heavy atom. The summed E-state index contributed by atoms with van der Waals surface area (Å²) in [6.45, 7) is 6.85. The third-order valence-electron chi connectivity index (χ3n) is 3.27. The van der Waals surface area contributed by atoms with Gasteiger partial charge in [-0.15, -0.1) is 0 Å². The van der Waals surface area contributed by atoms with Crippen molar-refractivity contribution in [3.63, 3.8) is 0 Å². The summed E-state index contributed by atoms with van der Waals surface area (Å²) < 4.78 is 6.45. The lowest BCUT2D eigenvalue weighted by Crippen LogP contribution is -2.29. The molecule has 1 N–H and O–H groups in total. The zero-order valence-electron chi connectivity index (χ0n) is 12.0. The summed E-state index contributed by atoms with van der Waals surface area (Å²) in [7, 11) is 3.73. The molecular formula is C15H24BrNO. The van der Waals surface area contributed by atoms with E-state index in [1.54, 1.807) is 7.11 Å². The molecule has 1 unspecified atom stereocenters. The summed E-state index contributed by atoms with van der Waals surface area (Å²) in [5.41, 5.74) is 1.57. The predicted molar refractivity (Wildman–Crippen MR) is 81.3 cm³/mol. The van der Waals surface area contributed by atoms with Crippen LogP contribution >= 0.6 is 15.9 Å². The zero-order valence-corrected chi connectivity index (χ0v) is 13.6. The third kappa shape index (κ3) is 4.62. The van der Waals surface area contributed by atoms with Crippen LogP contribution in [0, 0.1) is 5.41 Å². The van der Waals surface area contributed by atoms with Gasteiger partial charge in [-0.2, -0.15) is 0 Å². The molecule has 0 saturated heterocycles. The summed E-state index contributed by atoms with van der Waals surface area (Å²) in [6.07, 6.45) is 2.18. The van der Waals surface area contributed by atoms with E-state index in [0.29, 0.717) is 6.04 Å². The molecule has 1 aromatic rings. The summed E-state index contributed by atoms with van der Waals surface area (Å²) >= 11 is 3.62. The number of rotatable bonds is 6. The number of ether oxygens (including phenoxy) is 1. The highest BCUT2D eigenvalue weighted by molar-refractivity contribution is 9.10. The van der Waals surface area contributed by atoms with Crippen LogP contribution in [-0.4, -0.2) is 20.2 Å². The Balaban J connectivity index is 2.82. The van der Waals surface area contributed by atoms with Crippen LogP contribution in [0.25, 0.3) is 0 Å². The van der Waals surface area contributed by atoms with Gasteiger partial charge in [-0.3, -0.25) is 0 Å². The maximum absolute atomic E-state index is 5.29. The molecule has 0 spiro atoms. The van der Waals surface area contributed by atoms with Gasteiger partial charge in [0.2, 0.25) is 0 Å². The first-order valence-electron chi connectivity index (χ1n) is 6.37. The Bertz CT molecular complexity index is 390. The van der Waals surface area contributed by atoms with Crippen molar-refractivity contribution in [3.05, 3.63) is 28.2 Å². The molecule has 0 saturated carbocycles. The average Bonchev–Trinajstić information content (AvgIpc) is 2.31. The van der Waals surface area contributed by atoms with Crippen LogP contribution in [-0.2, 0) is 6.42 Å². The predicted octanol–water partition coefficient (Wildman–Crippen LogP) is 4.02. The smallest absolute Gasteiger partial charge is 0.119 e. The first-order chi connectivity index (χ1) is 8.38. The second-order valence-electron chi connectivity index (χ2n) is 5.69. The van der Waals surface area contributed by atoms with Gasteiger partial charge in [-0.05, 0) is 56.0 Å². The van der Waals surface area contributed by atoms with E-state index in [2.05, 4.69) is 54.2 Å². The molecule has 0 heterocycles. The van der Waals surface area contributed by atoms with E-state index in [1.165, 1.54) is 5.56 Å². The fourth-order valence-electron chi connectivity index (χ4n) is 2.33. The molecule has 0 amide bonds.